The predicted molar refractivity (Wildman–Crippen MR) is 97.0 cm³/mol. The Kier molecular flexibility index (Phi) is 6.13. The van der Waals surface area contributed by atoms with Crippen molar-refractivity contribution in [2.45, 2.75) is 11.8 Å². The molecule has 0 aliphatic heterocycles. The first-order valence-corrected chi connectivity index (χ1v) is 8.39. The Morgan fingerprint density at radius 3 is 2.44 bits per heavy atom. The van der Waals surface area contributed by atoms with Crippen LogP contribution in [0.5, 0.6) is 0 Å². The van der Waals surface area contributed by atoms with Crippen molar-refractivity contribution in [1.29, 1.82) is 0 Å². The minimum Gasteiger partial charge on any atom is -0.355 e. The van der Waals surface area contributed by atoms with Gasteiger partial charge in [-0.05, 0) is 30.7 Å². The Balaban J connectivity index is 2.02. The number of nitrogens with one attached hydrogen (secondary N) is 2. The van der Waals surface area contributed by atoms with Gasteiger partial charge in [0.1, 0.15) is 0 Å². The highest BCUT2D eigenvalue weighted by Crippen LogP contribution is 2.23. The van der Waals surface area contributed by atoms with Gasteiger partial charge in [0.2, 0.25) is 5.91 Å². The second-order valence-electron chi connectivity index (χ2n) is 5.16. The molecular weight excluding hydrogens is 342 g/mol. The maximum absolute atomic E-state index is 12.2. The molecule has 0 radical (unpaired) electrons. The molecule has 2 rings (SSSR count). The van der Waals surface area contributed by atoms with Crippen molar-refractivity contribution in [3.05, 3.63) is 63.7 Å². The van der Waals surface area contributed by atoms with Crippen LogP contribution in [0, 0.1) is 17.0 Å². The Bertz CT molecular complexity index is 806. The summed E-state index contributed by atoms with van der Waals surface area (Å²) in [5.74, 6) is -0.408. The van der Waals surface area contributed by atoms with Gasteiger partial charge >= 0.3 is 0 Å². The van der Waals surface area contributed by atoms with E-state index < -0.39 is 4.92 Å². The van der Waals surface area contributed by atoms with Gasteiger partial charge in [-0.3, -0.25) is 19.7 Å². The third kappa shape index (κ3) is 4.80. The molecule has 0 aliphatic rings. The molecule has 0 atom stereocenters. The molecule has 2 aromatic rings. The van der Waals surface area contributed by atoms with E-state index in [0.29, 0.717) is 11.3 Å². The van der Waals surface area contributed by atoms with Crippen molar-refractivity contribution in [1.82, 2.24) is 5.32 Å². The summed E-state index contributed by atoms with van der Waals surface area (Å²) in [7, 11) is 1.53. The first-order valence-electron chi connectivity index (χ1n) is 7.41. The van der Waals surface area contributed by atoms with E-state index in [0.717, 1.165) is 10.5 Å². The number of amides is 2. The van der Waals surface area contributed by atoms with Crippen LogP contribution in [0.25, 0.3) is 0 Å². The van der Waals surface area contributed by atoms with Crippen molar-refractivity contribution in [2.75, 3.05) is 18.1 Å². The van der Waals surface area contributed by atoms with E-state index in [4.69, 9.17) is 0 Å². The molecule has 0 aromatic heterocycles. The van der Waals surface area contributed by atoms with Crippen LogP contribution in [0.4, 0.5) is 11.4 Å². The monoisotopic (exact) mass is 359 g/mol. The van der Waals surface area contributed by atoms with E-state index in [-0.39, 0.29) is 23.3 Å². The quantitative estimate of drug-likeness (QED) is 0.469. The molecule has 25 heavy (non-hydrogen) atoms. The SMILES string of the molecule is CNC(=O)c1c(C)cccc1NC(=O)CSc1ccc([N+](=O)[O-])cc1. The highest BCUT2D eigenvalue weighted by Gasteiger charge is 2.15. The molecular formula is C17H17N3O4S. The van der Waals surface area contributed by atoms with Crippen molar-refractivity contribution >= 4 is 35.0 Å². The Morgan fingerprint density at radius 2 is 1.84 bits per heavy atom. The zero-order chi connectivity index (χ0) is 18.4. The summed E-state index contributed by atoms with van der Waals surface area (Å²) in [6.07, 6.45) is 0. The number of nitrogens with zero attached hydrogens (tertiary/aromatic N) is 1. The minimum absolute atomic E-state index is 0.00350. The molecule has 2 N–H and O–H groups in total. The lowest BCUT2D eigenvalue weighted by Crippen LogP contribution is -2.23. The lowest BCUT2D eigenvalue weighted by molar-refractivity contribution is -0.384. The fraction of sp³-hybridized carbons (Fsp3) is 0.176. The van der Waals surface area contributed by atoms with Crippen LogP contribution < -0.4 is 10.6 Å². The lowest BCUT2D eigenvalue weighted by Gasteiger charge is -2.12. The van der Waals surface area contributed by atoms with Crippen LogP contribution >= 0.6 is 11.8 Å². The largest absolute Gasteiger partial charge is 0.355 e. The number of carbonyl (C=O) groups is 2. The highest BCUT2D eigenvalue weighted by molar-refractivity contribution is 8.00. The predicted octanol–water partition coefficient (Wildman–Crippen LogP) is 2.99. The van der Waals surface area contributed by atoms with Crippen molar-refractivity contribution in [2.24, 2.45) is 0 Å². The van der Waals surface area contributed by atoms with Gasteiger partial charge in [-0.25, -0.2) is 0 Å². The van der Waals surface area contributed by atoms with Gasteiger partial charge in [0.05, 0.1) is 21.9 Å². The first kappa shape index (κ1) is 18.5. The number of nitro benzene ring substituents is 1. The Labute approximate surface area is 149 Å². The van der Waals surface area contributed by atoms with E-state index in [9.17, 15) is 19.7 Å². The number of carbonyl (C=O) groups excluding carboxylic acids is 2. The standard InChI is InChI=1S/C17H17N3O4S/c1-11-4-3-5-14(16(11)17(22)18-2)19-15(21)10-25-13-8-6-12(7-9-13)20(23)24/h3-9H,10H2,1-2H3,(H,18,22)(H,19,21). The van der Waals surface area contributed by atoms with Crippen LogP contribution in [0.2, 0.25) is 0 Å². The van der Waals surface area contributed by atoms with Crippen LogP contribution in [-0.4, -0.2) is 29.5 Å². The van der Waals surface area contributed by atoms with E-state index in [2.05, 4.69) is 10.6 Å². The molecule has 2 amide bonds. The number of hydrogen-bond donors (Lipinski definition) is 2. The number of rotatable bonds is 6. The topological polar surface area (TPSA) is 101 Å². The van der Waals surface area contributed by atoms with Crippen LogP contribution in [-0.2, 0) is 4.79 Å². The van der Waals surface area contributed by atoms with Gasteiger partial charge in [0.15, 0.2) is 0 Å². The molecule has 2 aromatic carbocycles. The molecule has 130 valence electrons. The molecule has 0 fully saturated rings. The number of thioether (sulfide) groups is 1. The van der Waals surface area contributed by atoms with E-state index >= 15 is 0 Å². The number of non-ortho nitro benzene ring substituents is 1. The zero-order valence-corrected chi connectivity index (χ0v) is 14.6. The second kappa shape index (κ2) is 8.29. The molecule has 0 bridgehead atoms. The van der Waals surface area contributed by atoms with Gasteiger partial charge in [0, 0.05) is 24.1 Å². The van der Waals surface area contributed by atoms with Crippen molar-refractivity contribution in [3.63, 3.8) is 0 Å². The third-order valence-electron chi connectivity index (χ3n) is 3.42. The maximum Gasteiger partial charge on any atom is 0.269 e. The molecule has 0 aliphatic carbocycles. The van der Waals surface area contributed by atoms with Gasteiger partial charge in [0.25, 0.3) is 11.6 Å². The second-order valence-corrected chi connectivity index (χ2v) is 6.21. The molecule has 0 unspecified atom stereocenters. The Morgan fingerprint density at radius 1 is 1.16 bits per heavy atom. The third-order valence-corrected chi connectivity index (χ3v) is 4.43. The van der Waals surface area contributed by atoms with Crippen molar-refractivity contribution < 1.29 is 14.5 Å². The fourth-order valence-electron chi connectivity index (χ4n) is 2.20. The number of hydrogen-bond acceptors (Lipinski definition) is 5. The number of benzene rings is 2. The summed E-state index contributed by atoms with van der Waals surface area (Å²) in [4.78, 5) is 35.0. The van der Waals surface area contributed by atoms with Crippen LogP contribution in [0.3, 0.4) is 0 Å². The molecule has 8 heteroatoms. The van der Waals surface area contributed by atoms with Crippen molar-refractivity contribution in [3.8, 4) is 0 Å². The summed E-state index contributed by atoms with van der Waals surface area (Å²) in [5.41, 5.74) is 1.65. The molecule has 0 heterocycles. The molecule has 0 saturated heterocycles. The average molecular weight is 359 g/mol. The normalized spacial score (nSPS) is 10.2. The number of aryl methyl sites for hydroxylation is 1. The zero-order valence-electron chi connectivity index (χ0n) is 13.7. The van der Waals surface area contributed by atoms with E-state index in [1.807, 2.05) is 0 Å². The summed E-state index contributed by atoms with van der Waals surface area (Å²) in [6, 6.07) is 11.2. The van der Waals surface area contributed by atoms with Gasteiger partial charge in [-0.2, -0.15) is 0 Å². The summed E-state index contributed by atoms with van der Waals surface area (Å²) in [5, 5.41) is 15.9. The smallest absolute Gasteiger partial charge is 0.269 e. The average Bonchev–Trinajstić information content (AvgIpc) is 2.60. The van der Waals surface area contributed by atoms with Gasteiger partial charge < -0.3 is 10.6 Å². The van der Waals surface area contributed by atoms with Crippen LogP contribution in [0.1, 0.15) is 15.9 Å². The van der Waals surface area contributed by atoms with E-state index in [1.165, 1.54) is 30.9 Å². The number of anilines is 1. The minimum atomic E-state index is -0.473. The Hall–Kier alpha value is -2.87. The maximum atomic E-state index is 12.2. The highest BCUT2D eigenvalue weighted by atomic mass is 32.2. The number of nitro groups is 1. The molecule has 7 nitrogen and oxygen atoms in total. The van der Waals surface area contributed by atoms with Gasteiger partial charge in [-0.1, -0.05) is 12.1 Å². The first-order chi connectivity index (χ1) is 11.9. The lowest BCUT2D eigenvalue weighted by atomic mass is 10.1. The van der Waals surface area contributed by atoms with Gasteiger partial charge in [-0.15, -0.1) is 11.8 Å². The molecule has 0 saturated carbocycles. The summed E-state index contributed by atoms with van der Waals surface area (Å²) < 4.78 is 0. The summed E-state index contributed by atoms with van der Waals surface area (Å²) >= 11 is 1.26. The fourth-order valence-corrected chi connectivity index (χ4v) is 2.90. The summed E-state index contributed by atoms with van der Waals surface area (Å²) in [6.45, 7) is 1.80. The van der Waals surface area contributed by atoms with E-state index in [1.54, 1.807) is 37.3 Å². The molecule has 0 spiro atoms. The van der Waals surface area contributed by atoms with Crippen LogP contribution in [0.15, 0.2) is 47.4 Å².